The van der Waals surface area contributed by atoms with Gasteiger partial charge in [-0.1, -0.05) is 18.2 Å². The van der Waals surface area contributed by atoms with Crippen molar-refractivity contribution in [3.05, 3.63) is 35.6 Å². The first kappa shape index (κ1) is 16.3. The van der Waals surface area contributed by atoms with Gasteiger partial charge in [-0.05, 0) is 13.0 Å². The molecule has 116 valence electrons. The quantitative estimate of drug-likeness (QED) is 0.863. The van der Waals surface area contributed by atoms with Gasteiger partial charge in [0.1, 0.15) is 5.82 Å². The number of nitrogens with one attached hydrogen (secondary N) is 1. The summed E-state index contributed by atoms with van der Waals surface area (Å²) in [6, 6.07) is 5.84. The second-order valence-corrected chi connectivity index (χ2v) is 6.33. The minimum atomic E-state index is -1.03. The van der Waals surface area contributed by atoms with Crippen LogP contribution in [0.5, 0.6) is 0 Å². The van der Waals surface area contributed by atoms with Crippen LogP contribution in [0, 0.1) is 5.82 Å². The van der Waals surface area contributed by atoms with E-state index in [4.69, 9.17) is 0 Å². The number of hydrogen-bond donors (Lipinski definition) is 2. The summed E-state index contributed by atoms with van der Waals surface area (Å²) < 4.78 is 13.5. The number of carbonyl (C=O) groups excluding carboxylic acids is 1. The number of nitrogens with zero attached hydrogens (tertiary/aromatic N) is 1. The smallest absolute Gasteiger partial charge is 0.237 e. The summed E-state index contributed by atoms with van der Waals surface area (Å²) in [7, 11) is 0. The number of aliphatic hydroxyl groups excluding tert-OH is 1. The highest BCUT2D eigenvalue weighted by molar-refractivity contribution is 7.99. The molecule has 1 fully saturated rings. The molecule has 0 radical (unpaired) electrons. The largest absolute Gasteiger partial charge is 0.386 e. The van der Waals surface area contributed by atoms with Crippen LogP contribution in [0.2, 0.25) is 0 Å². The molecule has 1 aliphatic heterocycles. The summed E-state index contributed by atoms with van der Waals surface area (Å²) >= 11 is 1.89. The van der Waals surface area contributed by atoms with Crippen molar-refractivity contribution in [2.45, 2.75) is 19.1 Å². The van der Waals surface area contributed by atoms with E-state index in [9.17, 15) is 14.3 Å². The lowest BCUT2D eigenvalue weighted by molar-refractivity contribution is -0.126. The second kappa shape index (κ2) is 7.77. The Kier molecular flexibility index (Phi) is 6.02. The number of halogens is 1. The Bertz CT molecular complexity index is 480. The number of carbonyl (C=O) groups is 1. The van der Waals surface area contributed by atoms with E-state index in [0.29, 0.717) is 0 Å². The van der Waals surface area contributed by atoms with Gasteiger partial charge in [0.05, 0.1) is 12.1 Å². The molecular weight excluding hydrogens is 291 g/mol. The van der Waals surface area contributed by atoms with E-state index in [2.05, 4.69) is 10.2 Å². The van der Waals surface area contributed by atoms with Crippen molar-refractivity contribution in [2.75, 3.05) is 31.1 Å². The average molecular weight is 312 g/mol. The van der Waals surface area contributed by atoms with Crippen LogP contribution in [0.4, 0.5) is 4.39 Å². The van der Waals surface area contributed by atoms with Crippen molar-refractivity contribution in [1.29, 1.82) is 0 Å². The van der Waals surface area contributed by atoms with Crippen LogP contribution >= 0.6 is 11.8 Å². The van der Waals surface area contributed by atoms with Crippen molar-refractivity contribution in [1.82, 2.24) is 10.2 Å². The topological polar surface area (TPSA) is 52.6 Å². The van der Waals surface area contributed by atoms with Crippen molar-refractivity contribution < 1.29 is 14.3 Å². The zero-order chi connectivity index (χ0) is 15.2. The van der Waals surface area contributed by atoms with Crippen LogP contribution in [0.3, 0.4) is 0 Å². The minimum Gasteiger partial charge on any atom is -0.386 e. The molecule has 2 rings (SSSR count). The van der Waals surface area contributed by atoms with Crippen LogP contribution in [-0.2, 0) is 4.79 Å². The van der Waals surface area contributed by atoms with Gasteiger partial charge < -0.3 is 10.4 Å². The van der Waals surface area contributed by atoms with Gasteiger partial charge >= 0.3 is 0 Å². The van der Waals surface area contributed by atoms with Gasteiger partial charge in [-0.15, -0.1) is 0 Å². The molecule has 0 spiro atoms. The first-order valence-corrected chi connectivity index (χ1v) is 8.27. The van der Waals surface area contributed by atoms with Crippen molar-refractivity contribution in [3.63, 3.8) is 0 Å². The number of hydrogen-bond acceptors (Lipinski definition) is 4. The maximum atomic E-state index is 13.5. The highest BCUT2D eigenvalue weighted by Crippen LogP contribution is 2.16. The fourth-order valence-corrected chi connectivity index (χ4v) is 3.26. The van der Waals surface area contributed by atoms with Gasteiger partial charge in [0.25, 0.3) is 0 Å². The van der Waals surface area contributed by atoms with Crippen LogP contribution in [0.25, 0.3) is 0 Å². The van der Waals surface area contributed by atoms with Gasteiger partial charge in [-0.3, -0.25) is 9.69 Å². The van der Waals surface area contributed by atoms with Crippen LogP contribution < -0.4 is 5.32 Å². The molecule has 1 saturated heterocycles. The van der Waals surface area contributed by atoms with Gasteiger partial charge in [-0.2, -0.15) is 11.8 Å². The molecule has 0 bridgehead atoms. The summed E-state index contributed by atoms with van der Waals surface area (Å²) in [5.41, 5.74) is 0.208. The molecule has 21 heavy (non-hydrogen) atoms. The van der Waals surface area contributed by atoms with Crippen molar-refractivity contribution in [3.8, 4) is 0 Å². The van der Waals surface area contributed by atoms with Crippen LogP contribution in [-0.4, -0.2) is 53.1 Å². The summed E-state index contributed by atoms with van der Waals surface area (Å²) in [5.74, 6) is 1.49. The molecule has 2 N–H and O–H groups in total. The SMILES string of the molecule is CC(C(=O)NCC(O)c1ccccc1F)N1CCSCC1. The zero-order valence-corrected chi connectivity index (χ0v) is 12.9. The molecule has 0 aromatic heterocycles. The Morgan fingerprint density at radius 1 is 1.43 bits per heavy atom. The second-order valence-electron chi connectivity index (χ2n) is 5.11. The Morgan fingerprint density at radius 2 is 2.10 bits per heavy atom. The maximum absolute atomic E-state index is 13.5. The predicted octanol–water partition coefficient (Wildman–Crippen LogP) is 1.41. The standard InChI is InChI=1S/C15H21FN2O2S/c1-11(18-6-8-21-9-7-18)15(20)17-10-14(19)12-4-2-3-5-13(12)16/h2-5,11,14,19H,6-10H2,1H3,(H,17,20). The van der Waals surface area contributed by atoms with Gasteiger partial charge in [0, 0.05) is 36.7 Å². The Morgan fingerprint density at radius 3 is 2.76 bits per heavy atom. The summed E-state index contributed by atoms with van der Waals surface area (Å²) in [4.78, 5) is 14.2. The first-order chi connectivity index (χ1) is 10.1. The molecule has 1 amide bonds. The maximum Gasteiger partial charge on any atom is 0.237 e. The number of amides is 1. The third kappa shape index (κ3) is 4.43. The van der Waals surface area contributed by atoms with Crippen molar-refractivity contribution >= 4 is 17.7 Å². The number of thioether (sulfide) groups is 1. The summed E-state index contributed by atoms with van der Waals surface area (Å²) in [6.07, 6.45) is -1.03. The molecule has 2 atom stereocenters. The van der Waals surface area contributed by atoms with E-state index in [1.807, 2.05) is 18.7 Å². The van der Waals surface area contributed by atoms with Crippen LogP contribution in [0.1, 0.15) is 18.6 Å². The summed E-state index contributed by atoms with van der Waals surface area (Å²) in [5, 5.41) is 12.7. The molecular formula is C15H21FN2O2S. The molecule has 6 heteroatoms. The lowest BCUT2D eigenvalue weighted by Crippen LogP contribution is -2.48. The highest BCUT2D eigenvalue weighted by atomic mass is 32.2. The zero-order valence-electron chi connectivity index (χ0n) is 12.1. The van der Waals surface area contributed by atoms with Gasteiger partial charge in [0.15, 0.2) is 0 Å². The third-order valence-corrected chi connectivity index (χ3v) is 4.65. The van der Waals surface area contributed by atoms with Gasteiger partial charge in [0.2, 0.25) is 5.91 Å². The molecule has 1 aromatic carbocycles. The number of aliphatic hydroxyl groups is 1. The Labute approximate surface area is 128 Å². The van der Waals surface area contributed by atoms with E-state index in [0.717, 1.165) is 24.6 Å². The number of rotatable bonds is 5. The normalized spacial score (nSPS) is 19.0. The van der Waals surface area contributed by atoms with E-state index in [-0.39, 0.29) is 24.1 Å². The molecule has 1 heterocycles. The van der Waals surface area contributed by atoms with Crippen molar-refractivity contribution in [2.24, 2.45) is 0 Å². The van der Waals surface area contributed by atoms with E-state index in [1.165, 1.54) is 12.1 Å². The molecule has 0 aliphatic carbocycles. The fraction of sp³-hybridized carbons (Fsp3) is 0.533. The lowest BCUT2D eigenvalue weighted by Gasteiger charge is -2.31. The number of benzene rings is 1. The minimum absolute atomic E-state index is 0.0205. The average Bonchev–Trinajstić information content (AvgIpc) is 2.52. The molecule has 2 unspecified atom stereocenters. The van der Waals surface area contributed by atoms with E-state index < -0.39 is 11.9 Å². The van der Waals surface area contributed by atoms with E-state index in [1.54, 1.807) is 12.1 Å². The monoisotopic (exact) mass is 312 g/mol. The van der Waals surface area contributed by atoms with E-state index >= 15 is 0 Å². The predicted molar refractivity (Wildman–Crippen MR) is 82.7 cm³/mol. The fourth-order valence-electron chi connectivity index (χ4n) is 2.33. The molecule has 4 nitrogen and oxygen atoms in total. The molecule has 1 aliphatic rings. The molecule has 0 saturated carbocycles. The summed E-state index contributed by atoms with van der Waals surface area (Å²) in [6.45, 7) is 3.68. The molecule has 1 aromatic rings. The van der Waals surface area contributed by atoms with Gasteiger partial charge in [-0.25, -0.2) is 4.39 Å². The Hall–Kier alpha value is -1.11. The van der Waals surface area contributed by atoms with Crippen LogP contribution in [0.15, 0.2) is 24.3 Å². The third-order valence-electron chi connectivity index (χ3n) is 3.71. The lowest BCUT2D eigenvalue weighted by atomic mass is 10.1. The first-order valence-electron chi connectivity index (χ1n) is 7.11. The Balaban J connectivity index is 1.84. The highest BCUT2D eigenvalue weighted by Gasteiger charge is 2.23.